The number of amides is 3. The number of imide groups is 1. The van der Waals surface area contributed by atoms with Crippen LogP contribution in [0.4, 0.5) is 4.79 Å². The molecular weight excluding hydrogens is 215 g/mol. The van der Waals surface area contributed by atoms with E-state index in [0.29, 0.717) is 4.67 Å². The minimum Gasteiger partial charge on any atom is -0.329 e. The molecule has 0 saturated carbocycles. The monoisotopic (exact) mass is 224 g/mol. The summed E-state index contributed by atoms with van der Waals surface area (Å²) in [6.07, 6.45) is 0. The third-order valence-electron chi connectivity index (χ3n) is 1.76. The second-order valence-electron chi connectivity index (χ2n) is 3.14. The topological polar surface area (TPSA) is 89.9 Å². The van der Waals surface area contributed by atoms with Gasteiger partial charge in [-0.15, -0.1) is 0 Å². The van der Waals surface area contributed by atoms with E-state index in [4.69, 9.17) is 9.79 Å². The number of hydrogen-bond donors (Lipinski definition) is 3. The molecule has 74 valence electrons. The van der Waals surface area contributed by atoms with Crippen molar-refractivity contribution in [3.8, 4) is 0 Å². The summed E-state index contributed by atoms with van der Waals surface area (Å²) < 4.78 is 0.609. The summed E-state index contributed by atoms with van der Waals surface area (Å²) in [6, 6.07) is -0.858. The first-order valence-electron chi connectivity index (χ1n) is 3.39. The van der Waals surface area contributed by atoms with Gasteiger partial charge in [-0.2, -0.15) is 0 Å². The Balaban J connectivity index is 3.18. The van der Waals surface area contributed by atoms with Crippen LogP contribution in [0, 0.1) is 0 Å². The van der Waals surface area contributed by atoms with E-state index in [1.54, 1.807) is 0 Å². The SMILES string of the molecule is CC1(C)C(=O)NC(=O)N1P(O)(O)=S. The van der Waals surface area contributed by atoms with Crippen LogP contribution in [0.1, 0.15) is 13.8 Å². The van der Waals surface area contributed by atoms with E-state index in [9.17, 15) is 9.59 Å². The molecule has 3 N–H and O–H groups in total. The summed E-state index contributed by atoms with van der Waals surface area (Å²) in [5, 5.41) is 1.95. The van der Waals surface area contributed by atoms with Crippen molar-refractivity contribution < 1.29 is 19.4 Å². The van der Waals surface area contributed by atoms with Gasteiger partial charge in [0.1, 0.15) is 5.54 Å². The number of carbonyl (C=O) groups excluding carboxylic acids is 2. The molecule has 13 heavy (non-hydrogen) atoms. The molecule has 0 radical (unpaired) electrons. The standard InChI is InChI=1S/C5H9N2O4PS/c1-5(2)3(8)6-4(9)7(5)12(10,11)13/h1-2H3,(H,6,8,9)(H2,10,11,13). The number of carbonyl (C=O) groups is 2. The molecular formula is C5H9N2O4PS. The van der Waals surface area contributed by atoms with Crippen LogP contribution in [0.25, 0.3) is 0 Å². The Kier molecular flexibility index (Phi) is 2.24. The average molecular weight is 224 g/mol. The lowest BCUT2D eigenvalue weighted by molar-refractivity contribution is -0.124. The van der Waals surface area contributed by atoms with E-state index in [0.717, 1.165) is 0 Å². The number of hydrogen-bond acceptors (Lipinski definition) is 3. The Morgan fingerprint density at radius 1 is 1.46 bits per heavy atom. The van der Waals surface area contributed by atoms with E-state index < -0.39 is 24.1 Å². The molecule has 1 aliphatic rings. The lowest BCUT2D eigenvalue weighted by atomic mass is 10.1. The highest BCUT2D eigenvalue weighted by Crippen LogP contribution is 2.47. The maximum atomic E-state index is 11.1. The molecule has 8 heteroatoms. The summed E-state index contributed by atoms with van der Waals surface area (Å²) in [5.41, 5.74) is -1.30. The van der Waals surface area contributed by atoms with Crippen LogP contribution in [-0.2, 0) is 16.6 Å². The van der Waals surface area contributed by atoms with Crippen LogP contribution in [0.5, 0.6) is 0 Å². The van der Waals surface area contributed by atoms with E-state index in [1.165, 1.54) is 13.8 Å². The van der Waals surface area contributed by atoms with Crippen LogP contribution in [0.15, 0.2) is 0 Å². The maximum absolute atomic E-state index is 11.1. The molecule has 1 aliphatic heterocycles. The van der Waals surface area contributed by atoms with Crippen molar-refractivity contribution in [2.75, 3.05) is 0 Å². The van der Waals surface area contributed by atoms with Gasteiger partial charge in [0.25, 0.3) is 12.5 Å². The van der Waals surface area contributed by atoms with Crippen LogP contribution >= 0.6 is 6.64 Å². The molecule has 3 amide bonds. The molecule has 0 atom stereocenters. The summed E-state index contributed by atoms with van der Waals surface area (Å²) in [4.78, 5) is 40.5. The smallest absolute Gasteiger partial charge is 0.329 e. The van der Waals surface area contributed by atoms with Crippen molar-refractivity contribution in [2.45, 2.75) is 19.4 Å². The zero-order valence-electron chi connectivity index (χ0n) is 7.01. The minimum atomic E-state index is -3.89. The summed E-state index contributed by atoms with van der Waals surface area (Å²) >= 11 is 4.36. The third kappa shape index (κ3) is 1.60. The molecule has 1 fully saturated rings. The number of rotatable bonds is 1. The Labute approximate surface area is 79.8 Å². The Bertz CT molecular complexity index is 322. The lowest BCUT2D eigenvalue weighted by Crippen LogP contribution is -2.41. The third-order valence-corrected chi connectivity index (χ3v) is 3.45. The quantitative estimate of drug-likeness (QED) is 0.413. The van der Waals surface area contributed by atoms with Gasteiger partial charge in [-0.05, 0) is 25.7 Å². The fourth-order valence-corrected chi connectivity index (χ4v) is 2.96. The van der Waals surface area contributed by atoms with Crippen LogP contribution in [-0.4, -0.2) is 31.9 Å². The van der Waals surface area contributed by atoms with Gasteiger partial charge in [0.05, 0.1) is 0 Å². The van der Waals surface area contributed by atoms with Crippen molar-refractivity contribution in [3.05, 3.63) is 0 Å². The number of nitrogens with zero attached hydrogens (tertiary/aromatic N) is 1. The predicted molar refractivity (Wildman–Crippen MR) is 48.2 cm³/mol. The molecule has 0 aliphatic carbocycles. The molecule has 0 bridgehead atoms. The summed E-state index contributed by atoms with van der Waals surface area (Å²) in [5.74, 6) is -0.588. The first-order valence-corrected chi connectivity index (χ1v) is 6.05. The van der Waals surface area contributed by atoms with Crippen LogP contribution < -0.4 is 5.32 Å². The van der Waals surface area contributed by atoms with E-state index >= 15 is 0 Å². The summed E-state index contributed by atoms with van der Waals surface area (Å²) in [6.45, 7) is -1.12. The minimum absolute atomic E-state index is 0.588. The second kappa shape index (κ2) is 2.75. The Morgan fingerprint density at radius 2 is 1.92 bits per heavy atom. The molecule has 0 aromatic carbocycles. The largest absolute Gasteiger partial charge is 0.332 e. The highest BCUT2D eigenvalue weighted by atomic mass is 32.5. The zero-order chi connectivity index (χ0) is 10.4. The van der Waals surface area contributed by atoms with Gasteiger partial charge in [0, 0.05) is 0 Å². The number of urea groups is 1. The van der Waals surface area contributed by atoms with Gasteiger partial charge < -0.3 is 9.79 Å². The van der Waals surface area contributed by atoms with Gasteiger partial charge >= 0.3 is 6.03 Å². The molecule has 6 nitrogen and oxygen atoms in total. The highest BCUT2D eigenvalue weighted by molar-refractivity contribution is 8.08. The lowest BCUT2D eigenvalue weighted by Gasteiger charge is -2.30. The Morgan fingerprint density at radius 3 is 2.08 bits per heavy atom. The Hall–Kier alpha value is -0.490. The second-order valence-corrected chi connectivity index (χ2v) is 6.04. The molecule has 1 rings (SSSR count). The van der Waals surface area contributed by atoms with Crippen LogP contribution in [0.2, 0.25) is 0 Å². The van der Waals surface area contributed by atoms with E-state index in [-0.39, 0.29) is 0 Å². The van der Waals surface area contributed by atoms with Gasteiger partial charge in [0.15, 0.2) is 0 Å². The molecule has 1 saturated heterocycles. The maximum Gasteiger partial charge on any atom is 0.332 e. The fraction of sp³-hybridized carbons (Fsp3) is 0.600. The van der Waals surface area contributed by atoms with Gasteiger partial charge in [-0.1, -0.05) is 0 Å². The molecule has 0 unspecified atom stereocenters. The summed E-state index contributed by atoms with van der Waals surface area (Å²) in [7, 11) is 0. The molecule has 0 aromatic rings. The first-order chi connectivity index (χ1) is 5.67. The molecule has 0 aromatic heterocycles. The van der Waals surface area contributed by atoms with Gasteiger partial charge in [0.2, 0.25) is 0 Å². The fourth-order valence-electron chi connectivity index (χ4n) is 1.10. The average Bonchev–Trinajstić information content (AvgIpc) is 1.99. The first kappa shape index (κ1) is 10.6. The van der Waals surface area contributed by atoms with Crippen molar-refractivity contribution >= 4 is 30.4 Å². The van der Waals surface area contributed by atoms with Crippen molar-refractivity contribution in [1.29, 1.82) is 0 Å². The number of nitrogens with one attached hydrogen (secondary N) is 1. The molecule has 0 spiro atoms. The van der Waals surface area contributed by atoms with Crippen LogP contribution in [0.3, 0.4) is 0 Å². The van der Waals surface area contributed by atoms with Gasteiger partial charge in [-0.25, -0.2) is 9.46 Å². The van der Waals surface area contributed by atoms with E-state index in [1.807, 2.05) is 5.32 Å². The van der Waals surface area contributed by atoms with Crippen molar-refractivity contribution in [1.82, 2.24) is 9.99 Å². The van der Waals surface area contributed by atoms with Gasteiger partial charge in [-0.3, -0.25) is 10.1 Å². The normalized spacial score (nSPS) is 22.0. The predicted octanol–water partition coefficient (Wildman–Crippen LogP) is -0.474. The van der Waals surface area contributed by atoms with Crippen molar-refractivity contribution in [3.63, 3.8) is 0 Å². The van der Waals surface area contributed by atoms with E-state index in [2.05, 4.69) is 11.8 Å². The zero-order valence-corrected chi connectivity index (χ0v) is 8.72. The molecule has 1 heterocycles. The highest BCUT2D eigenvalue weighted by Gasteiger charge is 2.51. The van der Waals surface area contributed by atoms with Crippen molar-refractivity contribution in [2.24, 2.45) is 0 Å².